The van der Waals surface area contributed by atoms with E-state index in [2.05, 4.69) is 9.88 Å². The molecule has 0 atom stereocenters. The number of imidazole rings is 1. The number of hydrogen-bond acceptors (Lipinski definition) is 5. The maximum absolute atomic E-state index is 13.0. The largest absolute Gasteiger partial charge is 0.508 e. The quantitative estimate of drug-likeness (QED) is 0.627. The van der Waals surface area contributed by atoms with Gasteiger partial charge in [0, 0.05) is 49.2 Å². The molecular formula is C23H26ClN5O3. The molecule has 2 amide bonds. The summed E-state index contributed by atoms with van der Waals surface area (Å²) in [5.74, 6) is -0.249. The lowest BCUT2D eigenvalue weighted by molar-refractivity contribution is 0.1000. The number of nitrogens with zero attached hydrogens (tertiary/aromatic N) is 4. The van der Waals surface area contributed by atoms with Crippen LogP contribution in [0.4, 0.5) is 10.5 Å². The van der Waals surface area contributed by atoms with E-state index in [-0.39, 0.29) is 30.2 Å². The van der Waals surface area contributed by atoms with Gasteiger partial charge in [0.2, 0.25) is 5.91 Å². The van der Waals surface area contributed by atoms with Gasteiger partial charge in [0.05, 0.1) is 5.69 Å². The van der Waals surface area contributed by atoms with E-state index >= 15 is 0 Å². The number of primary amides is 1. The minimum atomic E-state index is -0.504. The maximum Gasteiger partial charge on any atom is 0.329 e. The molecule has 1 fully saturated rings. The monoisotopic (exact) mass is 455 g/mol. The van der Waals surface area contributed by atoms with Gasteiger partial charge in [-0.2, -0.15) is 0 Å². The molecule has 9 heteroatoms. The van der Waals surface area contributed by atoms with Gasteiger partial charge in [0.1, 0.15) is 12.1 Å². The second kappa shape index (κ2) is 9.74. The molecule has 8 nitrogen and oxygen atoms in total. The number of amides is 2. The van der Waals surface area contributed by atoms with Crippen molar-refractivity contribution in [1.29, 1.82) is 0 Å². The molecule has 1 aliphatic rings. The summed E-state index contributed by atoms with van der Waals surface area (Å²) in [4.78, 5) is 32.7. The van der Waals surface area contributed by atoms with Gasteiger partial charge in [-0.15, -0.1) is 12.4 Å². The first-order chi connectivity index (χ1) is 14.9. The molecule has 1 aromatic heterocycles. The van der Waals surface area contributed by atoms with Crippen LogP contribution in [0.15, 0.2) is 61.1 Å². The summed E-state index contributed by atoms with van der Waals surface area (Å²) in [6.45, 7) is 1.67. The summed E-state index contributed by atoms with van der Waals surface area (Å²) in [5, 5.41) is 9.46. The molecule has 0 unspecified atom stereocenters. The highest BCUT2D eigenvalue weighted by Gasteiger charge is 2.26. The van der Waals surface area contributed by atoms with E-state index in [1.165, 1.54) is 10.9 Å². The number of rotatable bonds is 4. The maximum atomic E-state index is 13.0. The van der Waals surface area contributed by atoms with Crippen molar-refractivity contribution >= 4 is 30.0 Å². The number of benzene rings is 2. The molecule has 2 heterocycles. The van der Waals surface area contributed by atoms with Gasteiger partial charge >= 0.3 is 6.03 Å². The van der Waals surface area contributed by atoms with Crippen LogP contribution in [0.5, 0.6) is 5.75 Å². The number of phenolic OH excluding ortho intramolecular Hbond substituents is 1. The number of carbonyl (C=O) groups is 2. The SMILES string of the molecule is CN(C(=O)n1cnc(-c2cccc(C(N)=O)c2)c1)C1CCN(c2ccc(O)cc2)CC1.Cl. The van der Waals surface area contributed by atoms with Crippen molar-refractivity contribution in [3.8, 4) is 17.0 Å². The third-order valence-electron chi connectivity index (χ3n) is 5.78. The third-order valence-corrected chi connectivity index (χ3v) is 5.78. The summed E-state index contributed by atoms with van der Waals surface area (Å²) in [7, 11) is 1.82. The van der Waals surface area contributed by atoms with Crippen molar-refractivity contribution in [2.24, 2.45) is 5.73 Å². The van der Waals surface area contributed by atoms with E-state index < -0.39 is 5.91 Å². The number of phenols is 1. The average Bonchev–Trinajstić information content (AvgIpc) is 3.29. The van der Waals surface area contributed by atoms with Crippen LogP contribution in [-0.4, -0.2) is 57.7 Å². The molecular weight excluding hydrogens is 430 g/mol. The van der Waals surface area contributed by atoms with Crippen LogP contribution in [0.3, 0.4) is 0 Å². The standard InChI is InChI=1S/C23H25N5O3.ClH/c1-26(18-9-11-27(12-10-18)19-5-7-20(29)8-6-19)23(31)28-14-21(25-15-28)16-3-2-4-17(13-16)22(24)30;/h2-8,13-15,18,29H,9-12H2,1H3,(H2,24,30);1H. The van der Waals surface area contributed by atoms with E-state index in [4.69, 9.17) is 5.73 Å². The molecule has 0 aliphatic carbocycles. The number of carbonyl (C=O) groups excluding carboxylic acids is 2. The number of nitrogens with two attached hydrogens (primary N) is 1. The van der Waals surface area contributed by atoms with Crippen molar-refractivity contribution < 1.29 is 14.7 Å². The van der Waals surface area contributed by atoms with Crippen LogP contribution in [0.25, 0.3) is 11.3 Å². The van der Waals surface area contributed by atoms with Gasteiger partial charge < -0.3 is 20.6 Å². The average molecular weight is 456 g/mol. The van der Waals surface area contributed by atoms with Crippen molar-refractivity contribution in [2.45, 2.75) is 18.9 Å². The second-order valence-electron chi connectivity index (χ2n) is 7.74. The van der Waals surface area contributed by atoms with E-state index in [9.17, 15) is 14.7 Å². The predicted octanol–water partition coefficient (Wildman–Crippen LogP) is 3.35. The molecule has 2 aromatic carbocycles. The zero-order valence-corrected chi connectivity index (χ0v) is 18.5. The summed E-state index contributed by atoms with van der Waals surface area (Å²) in [6, 6.07) is 14.1. The Morgan fingerprint density at radius 1 is 1.12 bits per heavy atom. The molecule has 0 saturated carbocycles. The minimum Gasteiger partial charge on any atom is -0.508 e. The van der Waals surface area contributed by atoms with Crippen LogP contribution >= 0.6 is 12.4 Å². The third kappa shape index (κ3) is 4.86. The van der Waals surface area contributed by atoms with Gasteiger partial charge in [-0.05, 0) is 49.2 Å². The molecule has 168 valence electrons. The molecule has 32 heavy (non-hydrogen) atoms. The zero-order valence-electron chi connectivity index (χ0n) is 17.7. The smallest absolute Gasteiger partial charge is 0.329 e. The summed E-state index contributed by atoms with van der Waals surface area (Å²) in [6.07, 6.45) is 4.87. The zero-order chi connectivity index (χ0) is 22.0. The highest BCUT2D eigenvalue weighted by atomic mass is 35.5. The lowest BCUT2D eigenvalue weighted by Crippen LogP contribution is -2.46. The van der Waals surface area contributed by atoms with Gasteiger partial charge in [0.25, 0.3) is 0 Å². The first-order valence-electron chi connectivity index (χ1n) is 10.2. The number of aromatic nitrogens is 2. The topological polar surface area (TPSA) is 105 Å². The van der Waals surface area contributed by atoms with Crippen molar-refractivity contribution in [1.82, 2.24) is 14.5 Å². The molecule has 1 saturated heterocycles. The summed E-state index contributed by atoms with van der Waals surface area (Å²) in [5.41, 5.74) is 8.15. The van der Waals surface area contributed by atoms with E-state index in [0.29, 0.717) is 11.3 Å². The van der Waals surface area contributed by atoms with Crippen LogP contribution in [0.1, 0.15) is 23.2 Å². The fourth-order valence-corrected chi connectivity index (χ4v) is 3.92. The van der Waals surface area contributed by atoms with Crippen LogP contribution in [0.2, 0.25) is 0 Å². The van der Waals surface area contributed by atoms with Crippen LogP contribution in [0, 0.1) is 0 Å². The molecule has 0 radical (unpaired) electrons. The Morgan fingerprint density at radius 2 is 1.81 bits per heavy atom. The fraction of sp³-hybridized carbons (Fsp3) is 0.261. The van der Waals surface area contributed by atoms with Crippen LogP contribution < -0.4 is 10.6 Å². The Bertz CT molecular complexity index is 1090. The fourth-order valence-electron chi connectivity index (χ4n) is 3.92. The summed E-state index contributed by atoms with van der Waals surface area (Å²) < 4.78 is 1.47. The lowest BCUT2D eigenvalue weighted by atomic mass is 10.0. The number of hydrogen-bond donors (Lipinski definition) is 2. The Morgan fingerprint density at radius 3 is 2.47 bits per heavy atom. The second-order valence-corrected chi connectivity index (χ2v) is 7.74. The van der Waals surface area contributed by atoms with Crippen molar-refractivity contribution in [2.75, 3.05) is 25.0 Å². The number of aromatic hydroxyl groups is 1. The first-order valence-corrected chi connectivity index (χ1v) is 10.2. The van der Waals surface area contributed by atoms with Gasteiger partial charge in [-0.25, -0.2) is 9.78 Å². The van der Waals surface area contributed by atoms with Crippen molar-refractivity contribution in [3.05, 3.63) is 66.6 Å². The van der Waals surface area contributed by atoms with E-state index in [1.54, 1.807) is 41.4 Å². The first kappa shape index (κ1) is 23.1. The number of anilines is 1. The van der Waals surface area contributed by atoms with Crippen molar-refractivity contribution in [3.63, 3.8) is 0 Å². The van der Waals surface area contributed by atoms with E-state index in [0.717, 1.165) is 37.2 Å². The number of halogens is 1. The highest BCUT2D eigenvalue weighted by molar-refractivity contribution is 5.94. The Hall–Kier alpha value is -3.52. The van der Waals surface area contributed by atoms with Gasteiger partial charge in [0.15, 0.2) is 0 Å². The Kier molecular flexibility index (Phi) is 7.05. The summed E-state index contributed by atoms with van der Waals surface area (Å²) >= 11 is 0. The minimum absolute atomic E-state index is 0. The molecule has 1 aliphatic heterocycles. The molecule has 0 bridgehead atoms. The molecule has 3 N–H and O–H groups in total. The molecule has 3 aromatic rings. The Labute approximate surface area is 192 Å². The van der Waals surface area contributed by atoms with Gasteiger partial charge in [-0.3, -0.25) is 9.36 Å². The molecule has 4 rings (SSSR count). The van der Waals surface area contributed by atoms with Gasteiger partial charge in [-0.1, -0.05) is 12.1 Å². The van der Waals surface area contributed by atoms with E-state index in [1.807, 2.05) is 25.2 Å². The number of piperidine rings is 1. The van der Waals surface area contributed by atoms with Crippen LogP contribution in [-0.2, 0) is 0 Å². The lowest BCUT2D eigenvalue weighted by Gasteiger charge is -2.37. The molecule has 0 spiro atoms. The highest BCUT2D eigenvalue weighted by Crippen LogP contribution is 2.25. The Balaban J connectivity index is 0.00000289. The normalized spacial score (nSPS) is 14.0. The predicted molar refractivity (Wildman–Crippen MR) is 125 cm³/mol.